The molecule has 0 saturated heterocycles. The Labute approximate surface area is 135 Å². The maximum Gasteiger partial charge on any atom is 0.123 e. The number of rotatable bonds is 5. The molecule has 2 aromatic rings. The Kier molecular flexibility index (Phi) is 5.69. The molecule has 0 aliphatic rings. The first-order chi connectivity index (χ1) is 10.6. The minimum Gasteiger partial charge on any atom is -0.207 e. The van der Waals surface area contributed by atoms with Crippen LogP contribution in [0.25, 0.3) is 16.0 Å². The van der Waals surface area contributed by atoms with Gasteiger partial charge in [0.15, 0.2) is 0 Å². The minimum atomic E-state index is -0.407. The minimum absolute atomic E-state index is 0.339. The highest BCUT2D eigenvalue weighted by Gasteiger charge is 2.09. The van der Waals surface area contributed by atoms with Crippen LogP contribution in [0.3, 0.4) is 0 Å². The number of hydrogen-bond acceptors (Lipinski definition) is 1. The van der Waals surface area contributed by atoms with Crippen LogP contribution in [-0.2, 0) is 0 Å². The van der Waals surface area contributed by atoms with Crippen LogP contribution in [0.15, 0.2) is 59.7 Å². The highest BCUT2D eigenvalue weighted by atomic mass is 79.9. The first kappa shape index (κ1) is 16.2. The van der Waals surface area contributed by atoms with Gasteiger partial charge < -0.3 is 0 Å². The van der Waals surface area contributed by atoms with Crippen molar-refractivity contribution in [3.63, 3.8) is 0 Å². The van der Waals surface area contributed by atoms with Gasteiger partial charge in [0.05, 0.1) is 6.04 Å². The van der Waals surface area contributed by atoms with Crippen LogP contribution in [0.1, 0.15) is 11.1 Å². The lowest BCUT2D eigenvalue weighted by molar-refractivity contribution is 0.627. The second-order valence-electron chi connectivity index (χ2n) is 4.52. The Morgan fingerprint density at radius 3 is 1.86 bits per heavy atom. The molecule has 0 fully saturated rings. The predicted octanol–water partition coefficient (Wildman–Crippen LogP) is 5.47. The van der Waals surface area contributed by atoms with Crippen LogP contribution in [0, 0.1) is 11.6 Å². The van der Waals surface area contributed by atoms with E-state index >= 15 is 0 Å². The first-order valence-electron chi connectivity index (χ1n) is 6.48. The van der Waals surface area contributed by atoms with Crippen LogP contribution in [0.5, 0.6) is 0 Å². The van der Waals surface area contributed by atoms with Crippen molar-refractivity contribution in [2.75, 3.05) is 5.33 Å². The van der Waals surface area contributed by atoms with Crippen LogP contribution >= 0.6 is 15.9 Å². The molecule has 112 valence electrons. The van der Waals surface area contributed by atoms with Crippen molar-refractivity contribution in [2.45, 2.75) is 6.04 Å². The summed E-state index contributed by atoms with van der Waals surface area (Å²) in [4.78, 5) is 2.81. The Balaban J connectivity index is 2.52. The number of nitrogens with zero attached hydrogens (tertiary/aromatic N) is 3. The van der Waals surface area contributed by atoms with Crippen molar-refractivity contribution < 1.29 is 8.78 Å². The molecule has 0 bridgehead atoms. The van der Waals surface area contributed by atoms with Gasteiger partial charge in [-0.2, -0.15) is 0 Å². The van der Waals surface area contributed by atoms with Gasteiger partial charge in [0, 0.05) is 10.2 Å². The third-order valence-corrected chi connectivity index (χ3v) is 3.69. The van der Waals surface area contributed by atoms with E-state index in [4.69, 9.17) is 5.53 Å². The van der Waals surface area contributed by atoms with Gasteiger partial charge in [-0.3, -0.25) is 0 Å². The van der Waals surface area contributed by atoms with Crippen LogP contribution in [0.4, 0.5) is 8.78 Å². The SMILES string of the molecule is [N-]=[N+]=NC(C=C(c1ccc(F)cc1)c1ccc(F)cc1)CBr. The Bertz CT molecular complexity index is 658. The van der Waals surface area contributed by atoms with Crippen LogP contribution in [-0.4, -0.2) is 11.4 Å². The molecular formula is C16H12BrF2N3. The number of azide groups is 1. The molecule has 0 N–H and O–H groups in total. The van der Waals surface area contributed by atoms with Gasteiger partial charge in [-0.05, 0) is 46.5 Å². The summed E-state index contributed by atoms with van der Waals surface area (Å²) >= 11 is 3.28. The van der Waals surface area contributed by atoms with Crippen molar-refractivity contribution in [2.24, 2.45) is 5.11 Å². The van der Waals surface area contributed by atoms with Gasteiger partial charge in [0.1, 0.15) is 11.6 Å². The molecule has 2 aromatic carbocycles. The van der Waals surface area contributed by atoms with E-state index in [1.165, 1.54) is 24.3 Å². The highest BCUT2D eigenvalue weighted by molar-refractivity contribution is 9.09. The molecule has 6 heteroatoms. The fourth-order valence-electron chi connectivity index (χ4n) is 1.99. The van der Waals surface area contributed by atoms with Gasteiger partial charge >= 0.3 is 0 Å². The standard InChI is InChI=1S/C16H12BrF2N3/c17-10-15(21-22-20)9-16(11-1-5-13(18)6-2-11)12-3-7-14(19)8-4-12/h1-9,15H,10H2. The molecular weight excluding hydrogens is 352 g/mol. The molecule has 1 atom stereocenters. The summed E-state index contributed by atoms with van der Waals surface area (Å²) in [7, 11) is 0. The third-order valence-electron chi connectivity index (χ3n) is 3.03. The summed E-state index contributed by atoms with van der Waals surface area (Å²) < 4.78 is 26.2. The van der Waals surface area contributed by atoms with E-state index < -0.39 is 6.04 Å². The van der Waals surface area contributed by atoms with Crippen molar-refractivity contribution >= 4 is 21.5 Å². The normalized spacial score (nSPS) is 11.4. The molecule has 1 unspecified atom stereocenters. The van der Waals surface area contributed by atoms with E-state index in [-0.39, 0.29) is 11.6 Å². The number of alkyl halides is 1. The maximum absolute atomic E-state index is 13.1. The third kappa shape index (κ3) is 4.16. The Morgan fingerprint density at radius 1 is 1.05 bits per heavy atom. The second-order valence-corrected chi connectivity index (χ2v) is 5.17. The van der Waals surface area contributed by atoms with Crippen LogP contribution < -0.4 is 0 Å². The fraction of sp³-hybridized carbons (Fsp3) is 0.125. The topological polar surface area (TPSA) is 48.8 Å². The number of benzene rings is 2. The van der Waals surface area contributed by atoms with Crippen molar-refractivity contribution in [3.05, 3.63) is 87.8 Å². The molecule has 0 aliphatic carbocycles. The lowest BCUT2D eigenvalue weighted by Gasteiger charge is -2.11. The average Bonchev–Trinajstić information content (AvgIpc) is 2.53. The summed E-state index contributed by atoms with van der Waals surface area (Å²) in [5, 5.41) is 4.13. The molecule has 22 heavy (non-hydrogen) atoms. The zero-order chi connectivity index (χ0) is 15.9. The lowest BCUT2D eigenvalue weighted by Crippen LogP contribution is -2.02. The summed E-state index contributed by atoms with van der Waals surface area (Å²) in [5.74, 6) is -0.677. The molecule has 0 radical (unpaired) electrons. The molecule has 0 spiro atoms. The first-order valence-corrected chi connectivity index (χ1v) is 7.60. The van der Waals surface area contributed by atoms with Crippen molar-refractivity contribution in [1.29, 1.82) is 0 Å². The number of halogens is 3. The largest absolute Gasteiger partial charge is 0.207 e. The molecule has 0 amide bonds. The molecule has 0 aromatic heterocycles. The smallest absolute Gasteiger partial charge is 0.123 e. The van der Waals surface area contributed by atoms with Crippen molar-refractivity contribution in [1.82, 2.24) is 0 Å². The van der Waals surface area contributed by atoms with Gasteiger partial charge in [0.2, 0.25) is 0 Å². The fourth-order valence-corrected chi connectivity index (χ4v) is 2.30. The van der Waals surface area contributed by atoms with E-state index in [0.29, 0.717) is 5.33 Å². The molecule has 0 aliphatic heterocycles. The number of hydrogen-bond donors (Lipinski definition) is 0. The van der Waals surface area contributed by atoms with Crippen molar-refractivity contribution in [3.8, 4) is 0 Å². The zero-order valence-electron chi connectivity index (χ0n) is 11.5. The van der Waals surface area contributed by atoms with E-state index in [9.17, 15) is 8.78 Å². The maximum atomic E-state index is 13.1. The zero-order valence-corrected chi connectivity index (χ0v) is 13.0. The Morgan fingerprint density at radius 2 is 1.50 bits per heavy atom. The quantitative estimate of drug-likeness (QED) is 0.292. The summed E-state index contributed by atoms with van der Waals surface area (Å²) in [6.45, 7) is 0. The summed E-state index contributed by atoms with van der Waals surface area (Å²) in [6, 6.07) is 11.5. The summed E-state index contributed by atoms with van der Waals surface area (Å²) in [6.07, 6.45) is 1.77. The summed E-state index contributed by atoms with van der Waals surface area (Å²) in [5.41, 5.74) is 10.9. The predicted molar refractivity (Wildman–Crippen MR) is 86.6 cm³/mol. The second kappa shape index (κ2) is 7.73. The molecule has 2 rings (SSSR count). The van der Waals surface area contributed by atoms with E-state index in [1.54, 1.807) is 30.3 Å². The highest BCUT2D eigenvalue weighted by Crippen LogP contribution is 2.25. The lowest BCUT2D eigenvalue weighted by atomic mass is 9.96. The van der Waals surface area contributed by atoms with E-state index in [2.05, 4.69) is 26.0 Å². The van der Waals surface area contributed by atoms with Gasteiger partial charge in [-0.1, -0.05) is 51.4 Å². The van der Waals surface area contributed by atoms with E-state index in [0.717, 1.165) is 16.7 Å². The average molecular weight is 364 g/mol. The Hall–Kier alpha value is -2.17. The van der Waals surface area contributed by atoms with Crippen LogP contribution in [0.2, 0.25) is 0 Å². The molecule has 0 heterocycles. The van der Waals surface area contributed by atoms with E-state index in [1.807, 2.05) is 0 Å². The monoisotopic (exact) mass is 363 g/mol. The molecule has 0 saturated carbocycles. The van der Waals surface area contributed by atoms with Gasteiger partial charge in [0.25, 0.3) is 0 Å². The molecule has 3 nitrogen and oxygen atoms in total. The van der Waals surface area contributed by atoms with Gasteiger partial charge in [-0.15, -0.1) is 0 Å². The van der Waals surface area contributed by atoms with Gasteiger partial charge in [-0.25, -0.2) is 8.78 Å².